The number of aliphatic hydroxyl groups excluding tert-OH is 1. The summed E-state index contributed by atoms with van der Waals surface area (Å²) in [6.07, 6.45) is -10.8. The molecule has 2 atom stereocenters. The highest BCUT2D eigenvalue weighted by molar-refractivity contribution is 5.95. The number of nitrogens with two attached hydrogens (primary N) is 1. The van der Waals surface area contributed by atoms with Gasteiger partial charge in [-0.15, -0.1) is 0 Å². The minimum Gasteiger partial charge on any atom is -0.493 e. The Hall–Kier alpha value is -4.15. The Balaban J connectivity index is 1.78. The van der Waals surface area contributed by atoms with E-state index in [0.717, 1.165) is 30.3 Å². The molecule has 5 N–H and O–H groups in total. The quantitative estimate of drug-likeness (QED) is 0.267. The van der Waals surface area contributed by atoms with E-state index in [9.17, 15) is 40.6 Å². The van der Waals surface area contributed by atoms with Crippen LogP contribution in [0.4, 0.5) is 30.7 Å². The van der Waals surface area contributed by atoms with E-state index in [4.69, 9.17) is 25.1 Å². The number of alkyl halides is 6. The van der Waals surface area contributed by atoms with Crippen molar-refractivity contribution in [3.05, 3.63) is 71.2 Å². The van der Waals surface area contributed by atoms with Gasteiger partial charge in [0.15, 0.2) is 22.8 Å². The van der Waals surface area contributed by atoms with Gasteiger partial charge in [0, 0.05) is 16.7 Å². The Kier molecular flexibility index (Phi) is 8.50. The third kappa shape index (κ3) is 5.89. The smallest absolute Gasteiger partial charge is 0.424 e. The SMILES string of the molecule is COc1cc(C(=O)NCC(O)(c2cc3c(c(-c4ccc(F)cc4)n2)OC[C@@]3(N)C(F)(F)F)C(F)(F)F)ccc1OCCO. The molecule has 2 heterocycles. The van der Waals surface area contributed by atoms with E-state index in [1.54, 1.807) is 0 Å². The second kappa shape index (κ2) is 11.5. The van der Waals surface area contributed by atoms with E-state index in [-0.39, 0.29) is 35.8 Å². The van der Waals surface area contributed by atoms with Gasteiger partial charge in [-0.2, -0.15) is 26.3 Å². The zero-order valence-electron chi connectivity index (χ0n) is 22.1. The molecule has 0 aliphatic carbocycles. The number of methoxy groups -OCH3 is 1. The molecular weight excluding hydrogens is 595 g/mol. The molecule has 1 aliphatic heterocycles. The van der Waals surface area contributed by atoms with Gasteiger partial charge in [0.25, 0.3) is 5.91 Å². The lowest BCUT2D eigenvalue weighted by atomic mass is 9.87. The average molecular weight is 619 g/mol. The summed E-state index contributed by atoms with van der Waals surface area (Å²) in [5.74, 6) is -2.35. The van der Waals surface area contributed by atoms with Gasteiger partial charge >= 0.3 is 12.4 Å². The van der Waals surface area contributed by atoms with Crippen molar-refractivity contribution in [3.8, 4) is 28.5 Å². The maximum absolute atomic E-state index is 14.5. The molecule has 1 aliphatic rings. The van der Waals surface area contributed by atoms with E-state index < -0.39 is 71.1 Å². The molecule has 232 valence electrons. The van der Waals surface area contributed by atoms with Crippen molar-refractivity contribution in [2.24, 2.45) is 5.73 Å². The first-order chi connectivity index (χ1) is 20.1. The van der Waals surface area contributed by atoms with Crippen LogP contribution in [0.2, 0.25) is 0 Å². The maximum Gasteiger partial charge on any atom is 0.424 e. The van der Waals surface area contributed by atoms with Crippen LogP contribution in [0.1, 0.15) is 21.6 Å². The first kappa shape index (κ1) is 31.8. The molecule has 0 saturated carbocycles. The molecular formula is C27H24F7N3O6. The minimum atomic E-state index is -5.59. The van der Waals surface area contributed by atoms with Crippen LogP contribution in [0, 0.1) is 5.82 Å². The van der Waals surface area contributed by atoms with Crippen molar-refractivity contribution in [3.63, 3.8) is 0 Å². The molecule has 16 heteroatoms. The normalized spacial score (nSPS) is 17.9. The summed E-state index contributed by atoms with van der Waals surface area (Å²) >= 11 is 0. The standard InChI is InChI=1S/C27H24F7N3O6/c1-41-19-10-15(4-7-18(19)42-9-8-38)23(39)36-12-25(40,27(32,33)34)20-11-17-22(43-13-24(17,35)26(29,30)31)21(37-20)14-2-5-16(28)6-3-14/h2-7,10-11,38,40H,8-9,12-13,35H2,1H3,(H,36,39)/t24-,25?/m0/s1. The van der Waals surface area contributed by atoms with Gasteiger partial charge in [0.05, 0.1) is 26.0 Å². The number of nitrogens with one attached hydrogen (secondary N) is 1. The lowest BCUT2D eigenvalue weighted by molar-refractivity contribution is -0.265. The first-order valence-electron chi connectivity index (χ1n) is 12.3. The summed E-state index contributed by atoms with van der Waals surface area (Å²) in [7, 11) is 1.23. The van der Waals surface area contributed by atoms with E-state index in [1.165, 1.54) is 19.2 Å². The topological polar surface area (TPSA) is 136 Å². The number of carbonyl (C=O) groups excluding carboxylic acids is 1. The van der Waals surface area contributed by atoms with Crippen molar-refractivity contribution >= 4 is 5.91 Å². The monoisotopic (exact) mass is 619 g/mol. The van der Waals surface area contributed by atoms with Crippen LogP contribution in [-0.2, 0) is 11.1 Å². The number of benzene rings is 2. The Morgan fingerprint density at radius 3 is 2.35 bits per heavy atom. The average Bonchev–Trinajstić information content (AvgIpc) is 3.31. The lowest BCUT2D eigenvalue weighted by Gasteiger charge is -2.32. The van der Waals surface area contributed by atoms with Crippen LogP contribution in [0.15, 0.2) is 48.5 Å². The Bertz CT molecular complexity index is 1500. The van der Waals surface area contributed by atoms with Crippen molar-refractivity contribution < 1.29 is 60.0 Å². The number of rotatable bonds is 9. The van der Waals surface area contributed by atoms with E-state index in [2.05, 4.69) is 4.98 Å². The molecule has 0 fully saturated rings. The highest BCUT2D eigenvalue weighted by Gasteiger charge is 2.61. The van der Waals surface area contributed by atoms with E-state index >= 15 is 0 Å². The van der Waals surface area contributed by atoms with Crippen LogP contribution in [0.3, 0.4) is 0 Å². The van der Waals surface area contributed by atoms with Crippen molar-refractivity contribution in [2.45, 2.75) is 23.5 Å². The Labute approximate surface area is 239 Å². The van der Waals surface area contributed by atoms with Gasteiger partial charge in [-0.05, 0) is 48.5 Å². The molecule has 1 amide bonds. The van der Waals surface area contributed by atoms with Gasteiger partial charge in [-0.3, -0.25) is 4.79 Å². The molecule has 0 saturated heterocycles. The van der Waals surface area contributed by atoms with Crippen molar-refractivity contribution in [1.82, 2.24) is 10.3 Å². The Morgan fingerprint density at radius 1 is 1.09 bits per heavy atom. The van der Waals surface area contributed by atoms with Gasteiger partial charge in [-0.1, -0.05) is 0 Å². The number of fused-ring (bicyclic) bond motifs is 1. The predicted molar refractivity (Wildman–Crippen MR) is 135 cm³/mol. The van der Waals surface area contributed by atoms with Gasteiger partial charge < -0.3 is 35.5 Å². The number of aliphatic hydroxyl groups is 2. The number of pyridine rings is 1. The minimum absolute atomic E-state index is 0.00264. The zero-order chi connectivity index (χ0) is 31.8. The molecule has 0 radical (unpaired) electrons. The fraction of sp³-hybridized carbons (Fsp3) is 0.333. The largest absolute Gasteiger partial charge is 0.493 e. The first-order valence-corrected chi connectivity index (χ1v) is 12.3. The number of aromatic nitrogens is 1. The van der Waals surface area contributed by atoms with Gasteiger partial charge in [0.1, 0.15) is 24.7 Å². The summed E-state index contributed by atoms with van der Waals surface area (Å²) in [5.41, 5.74) is -4.90. The van der Waals surface area contributed by atoms with E-state index in [1.807, 2.05) is 5.32 Å². The van der Waals surface area contributed by atoms with Crippen LogP contribution in [-0.4, -0.2) is 66.9 Å². The summed E-state index contributed by atoms with van der Waals surface area (Å²) in [6, 6.07) is 7.77. The third-order valence-corrected chi connectivity index (χ3v) is 6.69. The summed E-state index contributed by atoms with van der Waals surface area (Å²) < 4.78 is 114. The number of hydrogen-bond donors (Lipinski definition) is 4. The lowest BCUT2D eigenvalue weighted by Crippen LogP contribution is -2.53. The Morgan fingerprint density at radius 2 is 1.77 bits per heavy atom. The van der Waals surface area contributed by atoms with Crippen LogP contribution in [0.5, 0.6) is 17.2 Å². The zero-order valence-corrected chi connectivity index (χ0v) is 22.1. The third-order valence-electron chi connectivity index (χ3n) is 6.69. The molecule has 3 aromatic rings. The molecule has 0 spiro atoms. The molecule has 4 rings (SSSR count). The maximum atomic E-state index is 14.5. The molecule has 43 heavy (non-hydrogen) atoms. The van der Waals surface area contributed by atoms with Crippen LogP contribution < -0.4 is 25.3 Å². The summed E-state index contributed by atoms with van der Waals surface area (Å²) in [5, 5.41) is 21.8. The molecule has 9 nitrogen and oxygen atoms in total. The molecule has 1 unspecified atom stereocenters. The number of halogens is 7. The highest BCUT2D eigenvalue weighted by atomic mass is 19.4. The van der Waals surface area contributed by atoms with Crippen LogP contribution in [0.25, 0.3) is 11.3 Å². The van der Waals surface area contributed by atoms with Gasteiger partial charge in [-0.25, -0.2) is 9.37 Å². The molecule has 2 aromatic carbocycles. The number of amides is 1. The number of hydrogen-bond acceptors (Lipinski definition) is 8. The highest BCUT2D eigenvalue weighted by Crippen LogP contribution is 2.51. The molecule has 0 bridgehead atoms. The summed E-state index contributed by atoms with van der Waals surface area (Å²) in [4.78, 5) is 16.6. The summed E-state index contributed by atoms with van der Waals surface area (Å²) in [6.45, 7) is -3.23. The fourth-order valence-corrected chi connectivity index (χ4v) is 4.25. The number of carbonyl (C=O) groups is 1. The predicted octanol–water partition coefficient (Wildman–Crippen LogP) is 3.56. The van der Waals surface area contributed by atoms with Crippen molar-refractivity contribution in [2.75, 3.05) is 33.5 Å². The van der Waals surface area contributed by atoms with Gasteiger partial charge in [0.2, 0.25) is 5.60 Å². The molecule has 1 aromatic heterocycles. The number of ether oxygens (including phenoxy) is 3. The number of nitrogens with zero attached hydrogens (tertiary/aromatic N) is 1. The van der Waals surface area contributed by atoms with Crippen molar-refractivity contribution in [1.29, 1.82) is 0 Å². The second-order valence-electron chi connectivity index (χ2n) is 9.48. The fourth-order valence-electron chi connectivity index (χ4n) is 4.25. The van der Waals surface area contributed by atoms with E-state index in [0.29, 0.717) is 6.07 Å². The second-order valence-corrected chi connectivity index (χ2v) is 9.48. The van der Waals surface area contributed by atoms with Crippen LogP contribution >= 0.6 is 0 Å².